The van der Waals surface area contributed by atoms with Crippen molar-refractivity contribution in [2.45, 2.75) is 53.1 Å². The molecular weight excluding hydrogens is 280 g/mol. The van der Waals surface area contributed by atoms with Crippen LogP contribution >= 0.6 is 11.6 Å². The normalized spacial score (nSPS) is 26.8. The van der Waals surface area contributed by atoms with Crippen LogP contribution in [0.25, 0.3) is 0 Å². The highest BCUT2D eigenvalue weighted by atomic mass is 35.5. The van der Waals surface area contributed by atoms with Crippen LogP contribution in [-0.4, -0.2) is 12.5 Å². The Morgan fingerprint density at radius 3 is 2.29 bits per heavy atom. The Kier molecular flexibility index (Phi) is 5.73. The van der Waals surface area contributed by atoms with E-state index in [1.54, 1.807) is 0 Å². The van der Waals surface area contributed by atoms with Crippen molar-refractivity contribution in [1.29, 1.82) is 0 Å². The third kappa shape index (κ3) is 4.72. The molecule has 0 saturated heterocycles. The van der Waals surface area contributed by atoms with Crippen molar-refractivity contribution in [2.24, 2.45) is 16.7 Å². The molecule has 118 valence electrons. The minimum Gasteiger partial charge on any atom is -0.376 e. The van der Waals surface area contributed by atoms with Crippen molar-refractivity contribution in [2.75, 3.05) is 12.5 Å². The number of rotatable bonds is 5. The van der Waals surface area contributed by atoms with Crippen molar-refractivity contribution in [3.05, 3.63) is 35.9 Å². The van der Waals surface area contributed by atoms with Gasteiger partial charge in [0.25, 0.3) is 0 Å². The molecule has 0 atom stereocenters. The summed E-state index contributed by atoms with van der Waals surface area (Å²) in [7, 11) is 0. The summed E-state index contributed by atoms with van der Waals surface area (Å²) < 4.78 is 5.99. The van der Waals surface area contributed by atoms with Gasteiger partial charge in [0.05, 0.1) is 13.2 Å². The lowest BCUT2D eigenvalue weighted by molar-refractivity contribution is 0.00250. The number of benzene rings is 1. The molecule has 1 aromatic carbocycles. The van der Waals surface area contributed by atoms with Crippen LogP contribution in [0.2, 0.25) is 0 Å². The highest BCUT2D eigenvalue weighted by molar-refractivity contribution is 6.18. The molecular formula is C19H29ClO. The van der Waals surface area contributed by atoms with E-state index in [2.05, 4.69) is 45.0 Å². The first kappa shape index (κ1) is 16.8. The van der Waals surface area contributed by atoms with Crippen molar-refractivity contribution in [3.8, 4) is 0 Å². The zero-order valence-corrected chi connectivity index (χ0v) is 14.5. The molecule has 1 aliphatic carbocycles. The van der Waals surface area contributed by atoms with E-state index >= 15 is 0 Å². The maximum atomic E-state index is 6.30. The summed E-state index contributed by atoms with van der Waals surface area (Å²) in [5.74, 6) is 1.54. The Bertz CT molecular complexity index is 413. The number of hydrogen-bond donors (Lipinski definition) is 0. The second kappa shape index (κ2) is 7.15. The first-order valence-corrected chi connectivity index (χ1v) is 8.66. The van der Waals surface area contributed by atoms with Gasteiger partial charge in [-0.1, -0.05) is 51.1 Å². The average molecular weight is 309 g/mol. The first-order valence-electron chi connectivity index (χ1n) is 8.13. The molecule has 0 bridgehead atoms. The number of halogens is 1. The van der Waals surface area contributed by atoms with E-state index in [0.29, 0.717) is 12.0 Å². The van der Waals surface area contributed by atoms with Crippen molar-refractivity contribution >= 4 is 11.6 Å². The van der Waals surface area contributed by atoms with E-state index in [-0.39, 0.29) is 5.41 Å². The summed E-state index contributed by atoms with van der Waals surface area (Å²) in [6, 6.07) is 10.4. The fraction of sp³-hybridized carbons (Fsp3) is 0.684. The maximum absolute atomic E-state index is 6.30. The molecule has 2 heteroatoms. The van der Waals surface area contributed by atoms with Gasteiger partial charge in [0.1, 0.15) is 0 Å². The van der Waals surface area contributed by atoms with Gasteiger partial charge in [0, 0.05) is 11.3 Å². The van der Waals surface area contributed by atoms with E-state index in [1.165, 1.54) is 31.2 Å². The van der Waals surface area contributed by atoms with Crippen LogP contribution in [-0.2, 0) is 11.3 Å². The third-order valence-corrected chi connectivity index (χ3v) is 5.64. The van der Waals surface area contributed by atoms with E-state index in [0.717, 1.165) is 18.4 Å². The lowest BCUT2D eigenvalue weighted by atomic mass is 9.65. The Balaban J connectivity index is 1.83. The van der Waals surface area contributed by atoms with E-state index < -0.39 is 0 Å². The molecule has 1 fully saturated rings. The second-order valence-electron chi connectivity index (χ2n) is 7.75. The fourth-order valence-corrected chi connectivity index (χ4v) is 3.72. The quantitative estimate of drug-likeness (QED) is 0.637. The van der Waals surface area contributed by atoms with E-state index in [9.17, 15) is 0 Å². The van der Waals surface area contributed by atoms with Gasteiger partial charge >= 0.3 is 0 Å². The SMILES string of the molecule is CC(C)(C)C1CCC(CCl)(COCc2ccccc2)CC1. The minimum absolute atomic E-state index is 0.193. The summed E-state index contributed by atoms with van der Waals surface area (Å²) in [6.07, 6.45) is 4.97. The van der Waals surface area contributed by atoms with Gasteiger partial charge in [-0.2, -0.15) is 0 Å². The lowest BCUT2D eigenvalue weighted by Gasteiger charge is -2.43. The molecule has 0 heterocycles. The standard InChI is InChI=1S/C19H29ClO/c1-18(2,3)17-9-11-19(14-20,12-10-17)15-21-13-16-7-5-4-6-8-16/h4-8,17H,9-15H2,1-3H3. The van der Waals surface area contributed by atoms with E-state index in [1.807, 2.05) is 6.07 Å². The van der Waals surface area contributed by atoms with Crippen LogP contribution in [0.4, 0.5) is 0 Å². The average Bonchev–Trinajstić information content (AvgIpc) is 2.48. The van der Waals surface area contributed by atoms with E-state index in [4.69, 9.17) is 16.3 Å². The minimum atomic E-state index is 0.193. The predicted molar refractivity (Wildman–Crippen MR) is 90.7 cm³/mol. The Hall–Kier alpha value is -0.530. The molecule has 0 unspecified atom stereocenters. The fourth-order valence-electron chi connectivity index (χ4n) is 3.37. The second-order valence-corrected chi connectivity index (χ2v) is 8.02. The predicted octanol–water partition coefficient (Wildman–Crippen LogP) is 5.66. The number of alkyl halides is 1. The van der Waals surface area contributed by atoms with Crippen LogP contribution in [0.3, 0.4) is 0 Å². The summed E-state index contributed by atoms with van der Waals surface area (Å²) in [6.45, 7) is 8.57. The topological polar surface area (TPSA) is 9.23 Å². The Labute approximate surface area is 135 Å². The van der Waals surface area contributed by atoms with Crippen LogP contribution in [0.5, 0.6) is 0 Å². The zero-order valence-electron chi connectivity index (χ0n) is 13.7. The molecule has 21 heavy (non-hydrogen) atoms. The van der Waals surface area contributed by atoms with Gasteiger partial charge in [0.15, 0.2) is 0 Å². The van der Waals surface area contributed by atoms with Gasteiger partial charge in [-0.3, -0.25) is 0 Å². The van der Waals surface area contributed by atoms with Gasteiger partial charge in [-0.05, 0) is 42.6 Å². The van der Waals surface area contributed by atoms with Crippen molar-refractivity contribution in [3.63, 3.8) is 0 Å². The van der Waals surface area contributed by atoms with Crippen LogP contribution in [0.1, 0.15) is 52.0 Å². The van der Waals surface area contributed by atoms with Crippen LogP contribution in [0, 0.1) is 16.7 Å². The molecule has 0 N–H and O–H groups in total. The van der Waals surface area contributed by atoms with Gasteiger partial charge in [-0.25, -0.2) is 0 Å². The molecule has 0 amide bonds. The highest BCUT2D eigenvalue weighted by Crippen LogP contribution is 2.46. The lowest BCUT2D eigenvalue weighted by Crippen LogP contribution is -2.37. The van der Waals surface area contributed by atoms with Crippen LogP contribution < -0.4 is 0 Å². The van der Waals surface area contributed by atoms with Gasteiger partial charge in [0.2, 0.25) is 0 Å². The maximum Gasteiger partial charge on any atom is 0.0717 e. The molecule has 0 radical (unpaired) electrons. The third-order valence-electron chi connectivity index (χ3n) is 5.07. The highest BCUT2D eigenvalue weighted by Gasteiger charge is 2.38. The van der Waals surface area contributed by atoms with Gasteiger partial charge < -0.3 is 4.74 Å². The first-order chi connectivity index (χ1) is 9.95. The summed E-state index contributed by atoms with van der Waals surface area (Å²) >= 11 is 6.30. The number of hydrogen-bond acceptors (Lipinski definition) is 1. The Morgan fingerprint density at radius 1 is 1.14 bits per heavy atom. The summed E-state index contributed by atoms with van der Waals surface area (Å²) in [5.41, 5.74) is 1.85. The molecule has 1 aliphatic rings. The smallest absolute Gasteiger partial charge is 0.0717 e. The molecule has 1 nitrogen and oxygen atoms in total. The van der Waals surface area contributed by atoms with Crippen LogP contribution in [0.15, 0.2) is 30.3 Å². The molecule has 0 spiro atoms. The molecule has 0 aliphatic heterocycles. The molecule has 1 aromatic rings. The molecule has 1 saturated carbocycles. The monoisotopic (exact) mass is 308 g/mol. The zero-order chi connectivity index (χ0) is 15.3. The van der Waals surface area contributed by atoms with Crippen molar-refractivity contribution < 1.29 is 4.74 Å². The number of ether oxygens (including phenoxy) is 1. The summed E-state index contributed by atoms with van der Waals surface area (Å²) in [4.78, 5) is 0. The largest absolute Gasteiger partial charge is 0.376 e. The molecule has 0 aromatic heterocycles. The molecule has 2 rings (SSSR count). The summed E-state index contributed by atoms with van der Waals surface area (Å²) in [5, 5.41) is 0. The Morgan fingerprint density at radius 2 is 1.76 bits per heavy atom. The van der Waals surface area contributed by atoms with Crippen molar-refractivity contribution in [1.82, 2.24) is 0 Å². The van der Waals surface area contributed by atoms with Gasteiger partial charge in [-0.15, -0.1) is 11.6 Å².